The van der Waals surface area contributed by atoms with Crippen molar-refractivity contribution in [3.8, 4) is 0 Å². The van der Waals surface area contributed by atoms with E-state index in [1.807, 2.05) is 13.2 Å². The molecule has 4 aliphatic carbocycles. The number of esters is 1. The highest BCUT2D eigenvalue weighted by Gasteiger charge is 2.69. The average molecular weight is 547 g/mol. The first-order chi connectivity index (χ1) is 17.9. The number of methoxy groups -OCH3 is 2. The Morgan fingerprint density at radius 2 is 1.54 bits per heavy atom. The summed E-state index contributed by atoms with van der Waals surface area (Å²) in [6.07, 6.45) is 13.3. The van der Waals surface area contributed by atoms with Gasteiger partial charge < -0.3 is 19.3 Å². The Morgan fingerprint density at radius 3 is 2.10 bits per heavy atom. The number of carbonyl (C=O) groups is 1. The Balaban J connectivity index is 1.63. The Labute approximate surface area is 238 Å². The van der Waals surface area contributed by atoms with Gasteiger partial charge in [0.1, 0.15) is 12.2 Å². The normalized spacial score (nSPS) is 44.2. The predicted octanol–water partition coefficient (Wildman–Crippen LogP) is 7.35. The molecule has 0 aromatic heterocycles. The molecule has 10 atom stereocenters. The molecule has 0 aromatic rings. The highest BCUT2D eigenvalue weighted by molar-refractivity contribution is 5.66. The predicted molar refractivity (Wildman–Crippen MR) is 156 cm³/mol. The molecular weight excluding hydrogens is 488 g/mol. The van der Waals surface area contributed by atoms with Crippen LogP contribution in [0.4, 0.5) is 0 Å². The lowest BCUT2D eigenvalue weighted by atomic mass is 9.35. The maximum atomic E-state index is 11.9. The molecule has 0 spiro atoms. The number of hydrogen-bond acceptors (Lipinski definition) is 5. The topological polar surface area (TPSA) is 65.0 Å². The summed E-state index contributed by atoms with van der Waals surface area (Å²) in [5.74, 6) is 2.14. The zero-order valence-corrected chi connectivity index (χ0v) is 26.9. The molecule has 0 saturated heterocycles. The average Bonchev–Trinajstić information content (AvgIpc) is 3.19. The summed E-state index contributed by atoms with van der Waals surface area (Å²) in [6, 6.07) is 0. The summed E-state index contributed by atoms with van der Waals surface area (Å²) in [4.78, 5) is 11.9. The van der Waals surface area contributed by atoms with E-state index in [1.54, 1.807) is 27.9 Å². The van der Waals surface area contributed by atoms with E-state index in [0.717, 1.165) is 12.8 Å². The Morgan fingerprint density at radius 1 is 0.897 bits per heavy atom. The highest BCUT2D eigenvalue weighted by Crippen LogP contribution is 2.76. The zero-order chi connectivity index (χ0) is 29.2. The van der Waals surface area contributed by atoms with Gasteiger partial charge in [0.15, 0.2) is 0 Å². The van der Waals surface area contributed by atoms with Gasteiger partial charge in [-0.2, -0.15) is 0 Å². The molecule has 0 aliphatic heterocycles. The SMILES string of the molecule is CO[C@@H](/C=C/[C@](C)(OC)[C@H]1CC[C@]2(C)[C@@H]1CC[C@@H]1[C@@]3(C)CC[C@H](OC(C)=O)C(C)(C)[C@@H]3CC[C@]12C)C(C)(C)O. The van der Waals surface area contributed by atoms with Gasteiger partial charge in [-0.1, -0.05) is 46.8 Å². The molecule has 0 aromatic carbocycles. The highest BCUT2D eigenvalue weighted by atomic mass is 16.5. The van der Waals surface area contributed by atoms with Gasteiger partial charge in [-0.15, -0.1) is 0 Å². The summed E-state index contributed by atoms with van der Waals surface area (Å²) in [6.45, 7) is 19.9. The van der Waals surface area contributed by atoms with Gasteiger partial charge in [0, 0.05) is 26.6 Å². The molecule has 5 heteroatoms. The van der Waals surface area contributed by atoms with Crippen LogP contribution in [0.2, 0.25) is 0 Å². The second kappa shape index (κ2) is 10.1. The van der Waals surface area contributed by atoms with E-state index in [0.29, 0.717) is 23.7 Å². The molecule has 5 nitrogen and oxygen atoms in total. The van der Waals surface area contributed by atoms with Crippen molar-refractivity contribution in [2.45, 2.75) is 137 Å². The van der Waals surface area contributed by atoms with E-state index in [4.69, 9.17) is 14.2 Å². The number of hydrogen-bond donors (Lipinski definition) is 1. The number of carbonyl (C=O) groups excluding carboxylic acids is 1. The van der Waals surface area contributed by atoms with Crippen LogP contribution in [0.3, 0.4) is 0 Å². The first-order valence-electron chi connectivity index (χ1n) is 15.6. The molecule has 0 radical (unpaired) electrons. The van der Waals surface area contributed by atoms with Crippen molar-refractivity contribution in [3.63, 3.8) is 0 Å². The second-order valence-corrected chi connectivity index (χ2v) is 15.8. The molecule has 0 heterocycles. The van der Waals surface area contributed by atoms with E-state index < -0.39 is 11.2 Å². The maximum Gasteiger partial charge on any atom is 0.302 e. The van der Waals surface area contributed by atoms with Gasteiger partial charge in [0.05, 0.1) is 11.2 Å². The molecule has 0 amide bonds. The molecule has 39 heavy (non-hydrogen) atoms. The standard InChI is InChI=1S/C34H58O5/c1-22(35)39-27-16-18-31(6)25(29(27,2)3)15-20-33(8)26(31)13-12-23-24(14-19-32(23,33)7)34(9,38-11)21-17-28(37-10)30(4,5)36/h17,21,23-28,36H,12-16,18-20H2,1-11H3/b21-17+/t23-,24+,25+,26-,27+,28+,31+,32-,33-,34+/m1/s1. The minimum Gasteiger partial charge on any atom is -0.462 e. The van der Waals surface area contributed by atoms with Crippen LogP contribution in [0.1, 0.15) is 114 Å². The smallest absolute Gasteiger partial charge is 0.302 e. The molecule has 4 fully saturated rings. The van der Waals surface area contributed by atoms with Gasteiger partial charge in [-0.25, -0.2) is 0 Å². The van der Waals surface area contributed by atoms with Gasteiger partial charge in [0.25, 0.3) is 0 Å². The molecule has 224 valence electrons. The molecular formula is C34H58O5. The van der Waals surface area contributed by atoms with Crippen molar-refractivity contribution in [2.24, 2.45) is 45.3 Å². The van der Waals surface area contributed by atoms with Crippen molar-refractivity contribution in [1.82, 2.24) is 0 Å². The lowest BCUT2D eigenvalue weighted by molar-refractivity contribution is -0.229. The summed E-state index contributed by atoms with van der Waals surface area (Å²) < 4.78 is 17.8. The number of ether oxygens (including phenoxy) is 3. The Hall–Kier alpha value is -0.910. The quantitative estimate of drug-likeness (QED) is 0.267. The van der Waals surface area contributed by atoms with Crippen LogP contribution < -0.4 is 0 Å². The first-order valence-corrected chi connectivity index (χ1v) is 15.6. The number of fused-ring (bicyclic) bond motifs is 5. The van der Waals surface area contributed by atoms with Crippen molar-refractivity contribution in [2.75, 3.05) is 14.2 Å². The van der Waals surface area contributed by atoms with Crippen LogP contribution in [-0.4, -0.2) is 48.7 Å². The largest absolute Gasteiger partial charge is 0.462 e. The van der Waals surface area contributed by atoms with E-state index >= 15 is 0 Å². The summed E-state index contributed by atoms with van der Waals surface area (Å²) >= 11 is 0. The van der Waals surface area contributed by atoms with Crippen LogP contribution in [-0.2, 0) is 19.0 Å². The van der Waals surface area contributed by atoms with E-state index in [9.17, 15) is 9.90 Å². The zero-order valence-electron chi connectivity index (χ0n) is 26.9. The molecule has 0 bridgehead atoms. The fraction of sp³-hybridized carbons (Fsp3) is 0.912. The van der Waals surface area contributed by atoms with Crippen molar-refractivity contribution < 1.29 is 24.1 Å². The van der Waals surface area contributed by atoms with Crippen LogP contribution in [0.5, 0.6) is 0 Å². The van der Waals surface area contributed by atoms with E-state index in [1.165, 1.54) is 38.5 Å². The first kappa shape index (κ1) is 31.0. The van der Waals surface area contributed by atoms with E-state index in [-0.39, 0.29) is 39.8 Å². The van der Waals surface area contributed by atoms with Crippen LogP contribution in [0, 0.1) is 45.3 Å². The maximum absolute atomic E-state index is 11.9. The van der Waals surface area contributed by atoms with Crippen LogP contribution in [0.15, 0.2) is 12.2 Å². The third-order valence-corrected chi connectivity index (χ3v) is 13.4. The van der Waals surface area contributed by atoms with Crippen LogP contribution >= 0.6 is 0 Å². The molecule has 0 unspecified atom stereocenters. The lowest BCUT2D eigenvalue weighted by Gasteiger charge is -2.70. The summed E-state index contributed by atoms with van der Waals surface area (Å²) in [7, 11) is 3.50. The fourth-order valence-electron chi connectivity index (χ4n) is 11.0. The number of rotatable bonds is 7. The van der Waals surface area contributed by atoms with Crippen LogP contribution in [0.25, 0.3) is 0 Å². The van der Waals surface area contributed by atoms with E-state index in [2.05, 4.69) is 47.6 Å². The van der Waals surface area contributed by atoms with Gasteiger partial charge >= 0.3 is 5.97 Å². The molecule has 4 aliphatic rings. The van der Waals surface area contributed by atoms with Crippen molar-refractivity contribution in [3.05, 3.63) is 12.2 Å². The van der Waals surface area contributed by atoms with Gasteiger partial charge in [-0.05, 0) is 112 Å². The Bertz CT molecular complexity index is 950. The second-order valence-electron chi connectivity index (χ2n) is 15.8. The number of aliphatic hydroxyl groups is 1. The minimum absolute atomic E-state index is 0.00620. The monoisotopic (exact) mass is 546 g/mol. The molecule has 4 rings (SSSR count). The van der Waals surface area contributed by atoms with Crippen molar-refractivity contribution in [1.29, 1.82) is 0 Å². The summed E-state index contributed by atoms with van der Waals surface area (Å²) in [5.41, 5.74) is -0.558. The third-order valence-electron chi connectivity index (χ3n) is 13.4. The third kappa shape index (κ3) is 4.75. The van der Waals surface area contributed by atoms with Gasteiger partial charge in [0.2, 0.25) is 0 Å². The minimum atomic E-state index is -0.952. The van der Waals surface area contributed by atoms with Crippen molar-refractivity contribution >= 4 is 5.97 Å². The van der Waals surface area contributed by atoms with Gasteiger partial charge in [-0.3, -0.25) is 4.79 Å². The fourth-order valence-corrected chi connectivity index (χ4v) is 11.0. The Kier molecular flexibility index (Phi) is 8.05. The lowest BCUT2D eigenvalue weighted by Crippen LogP contribution is -2.64. The summed E-state index contributed by atoms with van der Waals surface area (Å²) in [5, 5.41) is 10.6. The molecule has 4 saturated carbocycles. The molecule has 1 N–H and O–H groups in total.